The molecule has 0 bridgehead atoms. The number of hydrogen-bond donors (Lipinski definition) is 3. The predicted octanol–water partition coefficient (Wildman–Crippen LogP) is 2.34. The van der Waals surface area contributed by atoms with Crippen LogP contribution in [-0.4, -0.2) is 47.8 Å². The van der Waals surface area contributed by atoms with Crippen LogP contribution in [-0.2, 0) is 4.79 Å². The largest absolute Gasteiger partial charge is 0.467 e. The van der Waals surface area contributed by atoms with E-state index >= 15 is 0 Å². The molecule has 3 N–H and O–H groups in total. The first-order valence-electron chi connectivity index (χ1n) is 8.78. The van der Waals surface area contributed by atoms with Crippen molar-refractivity contribution in [1.82, 2.24) is 15.6 Å². The molecule has 1 atom stereocenters. The standard InChI is InChI=1S/C9H16N2O2S.C5H10.C3H5NO/c1-7(2)11-5-8(12)6-13-9-10-3-4-14-9;1-2-4-5-3-1;5-3-1-2-4-3/h3-4,7-8,11-12H,5-6H2,1-2H3;1-5H2;1-2H2,(H,4,5). The quantitative estimate of drug-likeness (QED) is 0.681. The van der Waals surface area contributed by atoms with Gasteiger partial charge in [-0.25, -0.2) is 4.98 Å². The molecule has 1 saturated heterocycles. The first-order valence-corrected chi connectivity index (χ1v) is 9.66. The Kier molecular flexibility index (Phi) is 11.4. The second-order valence-corrected chi connectivity index (χ2v) is 7.05. The molecule has 1 aliphatic heterocycles. The van der Waals surface area contributed by atoms with Crippen molar-refractivity contribution in [1.29, 1.82) is 0 Å². The summed E-state index contributed by atoms with van der Waals surface area (Å²) >= 11 is 1.42. The zero-order chi connectivity index (χ0) is 17.6. The van der Waals surface area contributed by atoms with Crippen molar-refractivity contribution in [2.24, 2.45) is 0 Å². The summed E-state index contributed by atoms with van der Waals surface area (Å²) in [4.78, 5) is 13.7. The summed E-state index contributed by atoms with van der Waals surface area (Å²) in [6.45, 7) is 5.79. The maximum atomic E-state index is 9.79. The van der Waals surface area contributed by atoms with Crippen LogP contribution in [0, 0.1) is 0 Å². The maximum Gasteiger partial charge on any atom is 0.273 e. The van der Waals surface area contributed by atoms with Gasteiger partial charge in [0.25, 0.3) is 5.19 Å². The first-order chi connectivity index (χ1) is 11.6. The Labute approximate surface area is 149 Å². The van der Waals surface area contributed by atoms with E-state index in [0.717, 1.165) is 13.0 Å². The Balaban J connectivity index is 0.000000231. The van der Waals surface area contributed by atoms with Crippen molar-refractivity contribution in [3.8, 4) is 5.19 Å². The third-order valence-electron chi connectivity index (χ3n) is 3.49. The van der Waals surface area contributed by atoms with Gasteiger partial charge in [-0.05, 0) is 0 Å². The minimum Gasteiger partial charge on any atom is -0.467 e. The van der Waals surface area contributed by atoms with Crippen molar-refractivity contribution < 1.29 is 14.6 Å². The summed E-state index contributed by atoms with van der Waals surface area (Å²) in [6.07, 6.45) is 9.43. The van der Waals surface area contributed by atoms with Crippen LogP contribution in [0.4, 0.5) is 0 Å². The van der Waals surface area contributed by atoms with E-state index in [2.05, 4.69) is 15.6 Å². The van der Waals surface area contributed by atoms with Crippen LogP contribution in [0.2, 0.25) is 0 Å². The van der Waals surface area contributed by atoms with E-state index in [4.69, 9.17) is 4.74 Å². The van der Waals surface area contributed by atoms with Gasteiger partial charge in [0.15, 0.2) is 0 Å². The van der Waals surface area contributed by atoms with Gasteiger partial charge < -0.3 is 20.5 Å². The Morgan fingerprint density at radius 1 is 1.33 bits per heavy atom. The van der Waals surface area contributed by atoms with Gasteiger partial charge in [0.1, 0.15) is 12.7 Å². The molecule has 1 aliphatic carbocycles. The van der Waals surface area contributed by atoms with E-state index in [9.17, 15) is 9.90 Å². The highest BCUT2D eigenvalue weighted by molar-refractivity contribution is 7.11. The second-order valence-electron chi connectivity index (χ2n) is 6.19. The number of β-lactam (4-membered cyclic amide) rings is 1. The Hall–Kier alpha value is -1.18. The number of amides is 1. The number of hydrogen-bond acceptors (Lipinski definition) is 6. The topological polar surface area (TPSA) is 83.5 Å². The number of aliphatic hydroxyl groups excluding tert-OH is 1. The monoisotopic (exact) mass is 357 g/mol. The van der Waals surface area contributed by atoms with Crippen LogP contribution in [0.25, 0.3) is 0 Å². The highest BCUT2D eigenvalue weighted by Gasteiger charge is 2.07. The fourth-order valence-electron chi connectivity index (χ4n) is 1.99. The van der Waals surface area contributed by atoms with Crippen molar-refractivity contribution in [3.63, 3.8) is 0 Å². The van der Waals surface area contributed by atoms with Gasteiger partial charge in [0.2, 0.25) is 5.91 Å². The molecule has 3 rings (SSSR count). The summed E-state index contributed by atoms with van der Waals surface area (Å²) in [5, 5.41) is 17.6. The van der Waals surface area contributed by atoms with E-state index in [1.54, 1.807) is 6.20 Å². The number of nitrogens with one attached hydrogen (secondary N) is 2. The Bertz CT molecular complexity index is 409. The summed E-state index contributed by atoms with van der Waals surface area (Å²) in [5.41, 5.74) is 0. The smallest absolute Gasteiger partial charge is 0.273 e. The second kappa shape index (κ2) is 13.1. The number of thiazole rings is 1. The molecule has 1 unspecified atom stereocenters. The minimum absolute atomic E-state index is 0.185. The Morgan fingerprint density at radius 2 is 1.92 bits per heavy atom. The van der Waals surface area contributed by atoms with Gasteiger partial charge in [-0.15, -0.1) is 0 Å². The van der Waals surface area contributed by atoms with E-state index < -0.39 is 6.10 Å². The van der Waals surface area contributed by atoms with E-state index in [1.807, 2.05) is 19.2 Å². The number of aliphatic hydroxyl groups is 1. The molecule has 0 spiro atoms. The number of aromatic nitrogens is 1. The lowest BCUT2D eigenvalue weighted by atomic mass is 10.3. The van der Waals surface area contributed by atoms with Crippen LogP contribution in [0.3, 0.4) is 0 Å². The first kappa shape index (κ1) is 20.9. The molecule has 138 valence electrons. The molecule has 2 fully saturated rings. The van der Waals surface area contributed by atoms with Crippen LogP contribution in [0.15, 0.2) is 11.6 Å². The summed E-state index contributed by atoms with van der Waals surface area (Å²) in [5.74, 6) is 0.185. The van der Waals surface area contributed by atoms with Gasteiger partial charge in [-0.2, -0.15) is 0 Å². The summed E-state index contributed by atoms with van der Waals surface area (Å²) in [7, 11) is 0. The third kappa shape index (κ3) is 11.4. The van der Waals surface area contributed by atoms with E-state index in [-0.39, 0.29) is 12.5 Å². The molecule has 1 amide bonds. The van der Waals surface area contributed by atoms with E-state index in [0.29, 0.717) is 17.8 Å². The van der Waals surface area contributed by atoms with Crippen molar-refractivity contribution in [3.05, 3.63) is 11.6 Å². The molecular weight excluding hydrogens is 326 g/mol. The lowest BCUT2D eigenvalue weighted by Gasteiger charge is -2.13. The molecule has 7 heteroatoms. The van der Waals surface area contributed by atoms with Gasteiger partial charge in [-0.1, -0.05) is 57.3 Å². The lowest BCUT2D eigenvalue weighted by molar-refractivity contribution is -0.125. The minimum atomic E-state index is -0.485. The van der Waals surface area contributed by atoms with Gasteiger partial charge >= 0.3 is 0 Å². The maximum absolute atomic E-state index is 9.79. The van der Waals surface area contributed by atoms with Crippen molar-refractivity contribution in [2.75, 3.05) is 19.7 Å². The van der Waals surface area contributed by atoms with Gasteiger partial charge in [0, 0.05) is 37.1 Å². The number of nitrogens with zero attached hydrogens (tertiary/aromatic N) is 1. The Morgan fingerprint density at radius 3 is 2.29 bits per heavy atom. The molecule has 2 aliphatic rings. The lowest BCUT2D eigenvalue weighted by Crippen LogP contribution is -2.37. The average molecular weight is 358 g/mol. The molecule has 1 aromatic heterocycles. The van der Waals surface area contributed by atoms with E-state index in [1.165, 1.54) is 43.4 Å². The number of carbonyl (C=O) groups excluding carboxylic acids is 1. The molecule has 0 radical (unpaired) electrons. The van der Waals surface area contributed by atoms with Crippen molar-refractivity contribution in [2.45, 2.75) is 64.5 Å². The average Bonchev–Trinajstić information content (AvgIpc) is 3.24. The fourth-order valence-corrected chi connectivity index (χ4v) is 2.49. The predicted molar refractivity (Wildman–Crippen MR) is 97.5 cm³/mol. The highest BCUT2D eigenvalue weighted by atomic mass is 32.1. The fraction of sp³-hybridized carbons (Fsp3) is 0.765. The van der Waals surface area contributed by atoms with Gasteiger partial charge in [0.05, 0.1) is 0 Å². The zero-order valence-electron chi connectivity index (χ0n) is 14.8. The van der Waals surface area contributed by atoms with Crippen molar-refractivity contribution >= 4 is 17.2 Å². The number of rotatable bonds is 6. The highest BCUT2D eigenvalue weighted by Crippen LogP contribution is 2.15. The SMILES string of the molecule is C1CCCC1.CC(C)NCC(O)COc1nccs1.O=C1CCN1. The van der Waals surface area contributed by atoms with Crippen LogP contribution >= 0.6 is 11.3 Å². The number of ether oxygens (including phenoxy) is 1. The normalized spacial score (nSPS) is 16.9. The molecule has 1 saturated carbocycles. The molecule has 1 aromatic rings. The van der Waals surface area contributed by atoms with Crippen LogP contribution in [0.5, 0.6) is 5.19 Å². The molecule has 24 heavy (non-hydrogen) atoms. The molecular formula is C17H31N3O3S. The molecule has 0 aromatic carbocycles. The molecule has 6 nitrogen and oxygen atoms in total. The zero-order valence-corrected chi connectivity index (χ0v) is 15.6. The summed E-state index contributed by atoms with van der Waals surface area (Å²) in [6, 6.07) is 0.379. The molecule has 2 heterocycles. The van der Waals surface area contributed by atoms with Crippen LogP contribution in [0.1, 0.15) is 52.4 Å². The third-order valence-corrected chi connectivity index (χ3v) is 4.18. The summed E-state index contributed by atoms with van der Waals surface area (Å²) < 4.78 is 5.26. The van der Waals surface area contributed by atoms with Gasteiger partial charge in [-0.3, -0.25) is 4.79 Å². The van der Waals surface area contributed by atoms with Crippen LogP contribution < -0.4 is 15.4 Å². The number of carbonyl (C=O) groups is 1.